The van der Waals surface area contributed by atoms with Crippen LogP contribution in [0.4, 0.5) is 0 Å². The lowest BCUT2D eigenvalue weighted by Gasteiger charge is -2.12. The molecule has 3 nitrogen and oxygen atoms in total. The van der Waals surface area contributed by atoms with Gasteiger partial charge in [0, 0.05) is 14.2 Å². The van der Waals surface area contributed by atoms with Crippen LogP contribution in [0.25, 0.3) is 0 Å². The molecule has 0 radical (unpaired) electrons. The number of hydrogen-bond acceptors (Lipinski definition) is 4. The first kappa shape index (κ1) is 11.6. The van der Waals surface area contributed by atoms with Crippen molar-refractivity contribution in [2.45, 2.75) is 6.61 Å². The van der Waals surface area contributed by atoms with Crippen LogP contribution < -0.4 is 5.46 Å². The molecule has 0 aromatic heterocycles. The second-order valence-corrected chi connectivity index (χ2v) is 3.03. The lowest BCUT2D eigenvalue weighted by molar-refractivity contribution is 0.290. The molecule has 5 heteroatoms. The second-order valence-electron chi connectivity index (χ2n) is 2.78. The van der Waals surface area contributed by atoms with Crippen LogP contribution in [0.15, 0.2) is 24.3 Å². The van der Waals surface area contributed by atoms with Gasteiger partial charge in [0.25, 0.3) is 0 Å². The van der Waals surface area contributed by atoms with E-state index < -0.39 is 0 Å². The molecule has 0 saturated carbocycles. The molecule has 1 aromatic rings. The fraction of sp³-hybridized carbons (Fsp3) is 0.333. The van der Waals surface area contributed by atoms with Gasteiger partial charge >= 0.3 is 7.12 Å². The Hall–Kier alpha value is -0.485. The van der Waals surface area contributed by atoms with Gasteiger partial charge in [0.05, 0.1) is 6.61 Å². The molecular weight excluding hydrogens is 199 g/mol. The maximum absolute atomic E-state index is 5.17. The van der Waals surface area contributed by atoms with E-state index in [1.54, 1.807) is 14.2 Å². The smallest absolute Gasteiger partial charge is 0.410 e. The minimum absolute atomic E-state index is 0.352. The molecule has 1 aromatic carbocycles. The molecule has 0 atom stereocenters. The van der Waals surface area contributed by atoms with Gasteiger partial charge in [0.2, 0.25) is 0 Å². The average Bonchev–Trinajstić information content (AvgIpc) is 2.23. The summed E-state index contributed by atoms with van der Waals surface area (Å²) < 4.78 is 15.1. The molecule has 0 aliphatic rings. The number of hydrogen-bond donors (Lipinski definition) is 1. The van der Waals surface area contributed by atoms with E-state index in [4.69, 9.17) is 13.5 Å². The highest BCUT2D eigenvalue weighted by atomic mass is 32.1. The highest BCUT2D eigenvalue weighted by Crippen LogP contribution is 2.02. The highest BCUT2D eigenvalue weighted by Gasteiger charge is 2.20. The summed E-state index contributed by atoms with van der Waals surface area (Å²) in [4.78, 5) is 0. The van der Waals surface area contributed by atoms with Crippen molar-refractivity contribution in [2.75, 3.05) is 14.2 Å². The molecule has 76 valence electrons. The van der Waals surface area contributed by atoms with E-state index in [0.29, 0.717) is 6.61 Å². The summed E-state index contributed by atoms with van der Waals surface area (Å²) >= 11 is 3.72. The molecule has 0 unspecified atom stereocenters. The molecule has 0 fully saturated rings. The number of benzene rings is 1. The van der Waals surface area contributed by atoms with Crippen LogP contribution in [-0.2, 0) is 20.1 Å². The van der Waals surface area contributed by atoms with Crippen LogP contribution in [0.2, 0.25) is 0 Å². The third-order valence-corrected chi connectivity index (χ3v) is 2.09. The van der Waals surface area contributed by atoms with Crippen molar-refractivity contribution in [1.82, 2.24) is 0 Å². The van der Waals surface area contributed by atoms with Crippen molar-refractivity contribution < 1.29 is 13.5 Å². The van der Waals surface area contributed by atoms with Gasteiger partial charge in [0.15, 0.2) is 0 Å². The Bertz CT molecular complexity index is 279. The first-order valence-electron chi connectivity index (χ1n) is 4.23. The summed E-state index contributed by atoms with van der Waals surface area (Å²) in [7, 11) is 2.86. The van der Waals surface area contributed by atoms with Gasteiger partial charge in [-0.05, 0) is 23.9 Å². The molecule has 0 N–H and O–H groups in total. The van der Waals surface area contributed by atoms with Gasteiger partial charge < -0.3 is 13.5 Å². The Kier molecular flexibility index (Phi) is 5.04. The zero-order chi connectivity index (χ0) is 10.4. The molecule has 0 aliphatic carbocycles. The molecule has 0 spiro atoms. The van der Waals surface area contributed by atoms with Gasteiger partial charge in [-0.2, -0.15) is 0 Å². The highest BCUT2D eigenvalue weighted by molar-refractivity contribution is 7.75. The largest absolute Gasteiger partial charge is 0.493 e. The predicted molar refractivity (Wildman–Crippen MR) is 59.6 cm³/mol. The van der Waals surface area contributed by atoms with Gasteiger partial charge in [0.1, 0.15) is 0 Å². The Morgan fingerprint density at radius 2 is 1.86 bits per heavy atom. The number of thiol groups is 1. The van der Waals surface area contributed by atoms with E-state index in [-0.39, 0.29) is 7.12 Å². The van der Waals surface area contributed by atoms with Crippen molar-refractivity contribution in [2.24, 2.45) is 0 Å². The minimum Gasteiger partial charge on any atom is -0.410 e. The Morgan fingerprint density at radius 1 is 1.21 bits per heavy atom. The Morgan fingerprint density at radius 3 is 2.43 bits per heavy atom. The van der Waals surface area contributed by atoms with Crippen LogP contribution in [0.1, 0.15) is 5.56 Å². The van der Waals surface area contributed by atoms with Gasteiger partial charge in [-0.25, -0.2) is 0 Å². The number of rotatable bonds is 5. The molecule has 0 amide bonds. The zero-order valence-electron chi connectivity index (χ0n) is 8.27. The Labute approximate surface area is 90.1 Å². The lowest BCUT2D eigenvalue weighted by atomic mass is 9.76. The molecule has 0 bridgehead atoms. The van der Waals surface area contributed by atoms with Gasteiger partial charge in [-0.1, -0.05) is 24.3 Å². The summed E-state index contributed by atoms with van der Waals surface area (Å²) in [6.07, 6.45) is 0. The summed E-state index contributed by atoms with van der Waals surface area (Å²) in [6, 6.07) is 7.77. The van der Waals surface area contributed by atoms with Crippen molar-refractivity contribution in [3.05, 3.63) is 29.8 Å². The minimum atomic E-state index is -0.352. The molecule has 14 heavy (non-hydrogen) atoms. The van der Waals surface area contributed by atoms with Crippen LogP contribution in [-0.4, -0.2) is 21.3 Å². The fourth-order valence-electron chi connectivity index (χ4n) is 1.32. The SMILES string of the molecule is COB(OC)c1ccccc1COS. The van der Waals surface area contributed by atoms with Crippen LogP contribution in [0.5, 0.6) is 0 Å². The molecule has 1 rings (SSSR count). The fourth-order valence-corrected chi connectivity index (χ4v) is 1.45. The monoisotopic (exact) mass is 212 g/mol. The summed E-state index contributed by atoms with van der Waals surface area (Å²) in [5, 5.41) is 0. The summed E-state index contributed by atoms with van der Waals surface area (Å²) in [5.41, 5.74) is 1.97. The quantitative estimate of drug-likeness (QED) is 0.449. The van der Waals surface area contributed by atoms with E-state index in [1.165, 1.54) is 0 Å². The Balaban J connectivity index is 2.92. The predicted octanol–water partition coefficient (Wildman–Crippen LogP) is 1.04. The summed E-state index contributed by atoms with van der Waals surface area (Å²) in [6.45, 7) is 0.433. The molecular formula is C9H13BO3S. The first-order chi connectivity index (χ1) is 6.83. The maximum atomic E-state index is 5.17. The molecule has 0 saturated heterocycles. The van der Waals surface area contributed by atoms with E-state index >= 15 is 0 Å². The van der Waals surface area contributed by atoms with Crippen LogP contribution in [0, 0.1) is 0 Å². The van der Waals surface area contributed by atoms with Gasteiger partial charge in [-0.3, -0.25) is 0 Å². The topological polar surface area (TPSA) is 27.7 Å². The van der Waals surface area contributed by atoms with E-state index in [1.807, 2.05) is 24.3 Å². The maximum Gasteiger partial charge on any atom is 0.493 e. The first-order valence-corrected chi connectivity index (χ1v) is 4.59. The molecule has 0 heterocycles. The standard InChI is InChI=1S/C9H13BO3S/c1-11-10(12-2)9-6-4-3-5-8(9)7-13-14/h3-6,14H,7H2,1-2H3. The van der Waals surface area contributed by atoms with Crippen molar-refractivity contribution in [3.8, 4) is 0 Å². The average molecular weight is 212 g/mol. The van der Waals surface area contributed by atoms with Gasteiger partial charge in [-0.15, -0.1) is 0 Å². The lowest BCUT2D eigenvalue weighted by Crippen LogP contribution is -2.37. The van der Waals surface area contributed by atoms with Crippen LogP contribution >= 0.6 is 12.9 Å². The van der Waals surface area contributed by atoms with E-state index in [0.717, 1.165) is 11.0 Å². The third kappa shape index (κ3) is 2.75. The summed E-state index contributed by atoms with van der Waals surface area (Å²) in [5.74, 6) is 0. The normalized spacial score (nSPS) is 10.2. The van der Waals surface area contributed by atoms with Crippen molar-refractivity contribution >= 4 is 25.5 Å². The van der Waals surface area contributed by atoms with Crippen molar-refractivity contribution in [3.63, 3.8) is 0 Å². The van der Waals surface area contributed by atoms with E-state index in [2.05, 4.69) is 12.9 Å². The molecule has 0 aliphatic heterocycles. The van der Waals surface area contributed by atoms with Crippen molar-refractivity contribution in [1.29, 1.82) is 0 Å². The van der Waals surface area contributed by atoms with Crippen LogP contribution in [0.3, 0.4) is 0 Å². The van der Waals surface area contributed by atoms with E-state index in [9.17, 15) is 0 Å². The third-order valence-electron chi connectivity index (χ3n) is 1.96. The second kappa shape index (κ2) is 6.08. The zero-order valence-corrected chi connectivity index (χ0v) is 9.16.